The number of nitrogens with zero attached hydrogens (tertiary/aromatic N) is 1. The first-order valence-corrected chi connectivity index (χ1v) is 7.93. The molecule has 0 saturated carbocycles. The first-order valence-electron chi connectivity index (χ1n) is 5.70. The van der Waals surface area contributed by atoms with Crippen LogP contribution in [0.15, 0.2) is 27.6 Å². The van der Waals surface area contributed by atoms with Crippen molar-refractivity contribution in [3.63, 3.8) is 0 Å². The van der Waals surface area contributed by atoms with Gasteiger partial charge < -0.3 is 10.4 Å². The third-order valence-corrected chi connectivity index (χ3v) is 5.42. The van der Waals surface area contributed by atoms with Gasteiger partial charge in [0.2, 0.25) is 15.9 Å². The highest BCUT2D eigenvalue weighted by molar-refractivity contribution is 9.10. The zero-order valence-corrected chi connectivity index (χ0v) is 12.8. The number of carboxylic acid groups (broad SMARTS) is 1. The number of rotatable bonds is 3. The molecular weight excluding hydrogens is 371 g/mol. The number of hydrogen-bond donors (Lipinski definition) is 2. The van der Waals surface area contributed by atoms with Gasteiger partial charge in [-0.2, -0.15) is 4.31 Å². The van der Waals surface area contributed by atoms with Crippen molar-refractivity contribution in [3.05, 3.63) is 28.5 Å². The summed E-state index contributed by atoms with van der Waals surface area (Å²) in [5.41, 5.74) is 0. The number of carbonyl (C=O) groups is 2. The smallest absolute Gasteiger partial charge is 0.323 e. The lowest BCUT2D eigenvalue weighted by atomic mass is 10.2. The standard InChI is InChI=1S/C11H10BrFN2O5S/c12-7-2-1-6(3-8(7)13)21(19,20)15-5-10(16)14-4-9(15)11(17)18/h1-3,9H,4-5H2,(H,14,16)(H,17,18). The SMILES string of the molecule is O=C1CN(S(=O)(=O)c2ccc(Br)c(F)c2)C(C(=O)O)CN1. The second-order valence-electron chi connectivity index (χ2n) is 4.28. The number of halogens is 2. The molecule has 10 heteroatoms. The van der Waals surface area contributed by atoms with Crippen molar-refractivity contribution in [3.8, 4) is 0 Å². The highest BCUT2D eigenvalue weighted by Gasteiger charge is 2.40. The summed E-state index contributed by atoms with van der Waals surface area (Å²) in [5.74, 6) is -2.81. The van der Waals surface area contributed by atoms with Crippen LogP contribution in [0.4, 0.5) is 4.39 Å². The van der Waals surface area contributed by atoms with E-state index >= 15 is 0 Å². The van der Waals surface area contributed by atoms with Crippen LogP contribution in [0.3, 0.4) is 0 Å². The van der Waals surface area contributed by atoms with Crippen molar-refractivity contribution in [1.82, 2.24) is 9.62 Å². The van der Waals surface area contributed by atoms with Crippen molar-refractivity contribution in [2.45, 2.75) is 10.9 Å². The number of amides is 1. The molecule has 1 aliphatic heterocycles. The molecule has 1 atom stereocenters. The van der Waals surface area contributed by atoms with E-state index < -0.39 is 45.2 Å². The number of piperazine rings is 1. The van der Waals surface area contributed by atoms with Gasteiger partial charge >= 0.3 is 5.97 Å². The van der Waals surface area contributed by atoms with Gasteiger partial charge in [0.15, 0.2) is 0 Å². The number of carbonyl (C=O) groups excluding carboxylic acids is 1. The van der Waals surface area contributed by atoms with Gasteiger partial charge in [-0.05, 0) is 34.1 Å². The Kier molecular flexibility index (Phi) is 4.30. The molecule has 1 unspecified atom stereocenters. The molecule has 7 nitrogen and oxygen atoms in total. The average molecular weight is 381 g/mol. The molecule has 0 aliphatic carbocycles. The summed E-state index contributed by atoms with van der Waals surface area (Å²) in [6.45, 7) is -0.969. The third kappa shape index (κ3) is 3.06. The number of aliphatic carboxylic acids is 1. The van der Waals surface area contributed by atoms with E-state index in [1.54, 1.807) is 0 Å². The fourth-order valence-electron chi connectivity index (χ4n) is 1.86. The maximum absolute atomic E-state index is 13.5. The van der Waals surface area contributed by atoms with Crippen molar-refractivity contribution >= 4 is 37.8 Å². The maximum atomic E-state index is 13.5. The fraction of sp³-hybridized carbons (Fsp3) is 0.273. The molecule has 0 radical (unpaired) electrons. The number of sulfonamides is 1. The predicted molar refractivity (Wildman–Crippen MR) is 72.4 cm³/mol. The number of hydrogen-bond acceptors (Lipinski definition) is 4. The Balaban J connectivity index is 2.46. The molecule has 0 aromatic heterocycles. The van der Waals surface area contributed by atoms with Gasteiger partial charge in [-0.1, -0.05) is 0 Å². The van der Waals surface area contributed by atoms with Crippen LogP contribution in [-0.2, 0) is 19.6 Å². The largest absolute Gasteiger partial charge is 0.480 e. The summed E-state index contributed by atoms with van der Waals surface area (Å²) >= 11 is 2.90. The van der Waals surface area contributed by atoms with Gasteiger partial charge in [0.05, 0.1) is 15.9 Å². The molecule has 1 heterocycles. The molecule has 1 aromatic rings. The minimum atomic E-state index is -4.30. The number of carboxylic acids is 1. The first kappa shape index (κ1) is 15.9. The Hall–Kier alpha value is -1.52. The third-order valence-electron chi connectivity index (χ3n) is 2.92. The van der Waals surface area contributed by atoms with Crippen LogP contribution in [0, 0.1) is 5.82 Å². The van der Waals surface area contributed by atoms with E-state index in [0.717, 1.165) is 12.1 Å². The quantitative estimate of drug-likeness (QED) is 0.777. The van der Waals surface area contributed by atoms with Crippen LogP contribution in [0.5, 0.6) is 0 Å². The van der Waals surface area contributed by atoms with Gasteiger partial charge in [0, 0.05) is 6.54 Å². The Labute approximate surface area is 127 Å². The van der Waals surface area contributed by atoms with E-state index in [2.05, 4.69) is 21.2 Å². The minimum absolute atomic E-state index is 0.0765. The van der Waals surface area contributed by atoms with E-state index in [1.165, 1.54) is 6.07 Å². The van der Waals surface area contributed by atoms with Crippen LogP contribution >= 0.6 is 15.9 Å². The van der Waals surface area contributed by atoms with Crippen LogP contribution in [0.25, 0.3) is 0 Å². The van der Waals surface area contributed by atoms with Gasteiger partial charge in [0.1, 0.15) is 11.9 Å². The second kappa shape index (κ2) is 5.70. The van der Waals surface area contributed by atoms with Gasteiger partial charge in [-0.25, -0.2) is 12.8 Å². The Morgan fingerprint density at radius 3 is 2.71 bits per heavy atom. The summed E-state index contributed by atoms with van der Waals surface area (Å²) in [4.78, 5) is 22.1. The van der Waals surface area contributed by atoms with Crippen molar-refractivity contribution < 1.29 is 27.5 Å². The molecule has 0 spiro atoms. The van der Waals surface area contributed by atoms with Crippen LogP contribution in [-0.4, -0.2) is 48.8 Å². The normalized spacial score (nSPS) is 20.1. The molecule has 0 bridgehead atoms. The van der Waals surface area contributed by atoms with Crippen molar-refractivity contribution in [2.24, 2.45) is 0 Å². The zero-order chi connectivity index (χ0) is 15.8. The number of benzene rings is 1. The molecule has 2 rings (SSSR count). The van der Waals surface area contributed by atoms with Crippen LogP contribution in [0.2, 0.25) is 0 Å². The lowest BCUT2D eigenvalue weighted by Gasteiger charge is -2.31. The molecule has 21 heavy (non-hydrogen) atoms. The van der Waals surface area contributed by atoms with Gasteiger partial charge in [-0.3, -0.25) is 9.59 Å². The second-order valence-corrected chi connectivity index (χ2v) is 7.03. The van der Waals surface area contributed by atoms with Crippen LogP contribution in [0.1, 0.15) is 0 Å². The summed E-state index contributed by atoms with van der Waals surface area (Å²) < 4.78 is 38.9. The first-order chi connectivity index (χ1) is 9.73. The average Bonchev–Trinajstić information content (AvgIpc) is 2.41. The molecule has 1 saturated heterocycles. The minimum Gasteiger partial charge on any atom is -0.480 e. The molecule has 1 aromatic carbocycles. The molecule has 1 aliphatic rings. The van der Waals surface area contributed by atoms with E-state index in [1.807, 2.05) is 0 Å². The maximum Gasteiger partial charge on any atom is 0.323 e. The summed E-state index contributed by atoms with van der Waals surface area (Å²) in [6, 6.07) is 1.67. The summed E-state index contributed by atoms with van der Waals surface area (Å²) in [6.07, 6.45) is 0. The monoisotopic (exact) mass is 380 g/mol. The summed E-state index contributed by atoms with van der Waals surface area (Å²) in [7, 11) is -4.30. The van der Waals surface area contributed by atoms with Crippen LogP contribution < -0.4 is 5.32 Å². The molecule has 1 amide bonds. The lowest BCUT2D eigenvalue weighted by Crippen LogP contribution is -2.59. The topological polar surface area (TPSA) is 104 Å². The van der Waals surface area contributed by atoms with Crippen molar-refractivity contribution in [1.29, 1.82) is 0 Å². The van der Waals surface area contributed by atoms with E-state index in [9.17, 15) is 22.4 Å². The summed E-state index contributed by atoms with van der Waals surface area (Å²) in [5, 5.41) is 11.3. The van der Waals surface area contributed by atoms with Crippen molar-refractivity contribution in [2.75, 3.05) is 13.1 Å². The Bertz CT molecular complexity index is 709. The predicted octanol–water partition coefficient (Wildman–Crippen LogP) is 0.162. The van der Waals surface area contributed by atoms with E-state index in [0.29, 0.717) is 4.31 Å². The van der Waals surface area contributed by atoms with Gasteiger partial charge in [-0.15, -0.1) is 0 Å². The van der Waals surface area contributed by atoms with E-state index in [4.69, 9.17) is 5.11 Å². The highest BCUT2D eigenvalue weighted by atomic mass is 79.9. The molecule has 1 fully saturated rings. The van der Waals surface area contributed by atoms with E-state index in [-0.39, 0.29) is 11.0 Å². The molecular formula is C11H10BrFN2O5S. The lowest BCUT2D eigenvalue weighted by molar-refractivity contribution is -0.143. The Morgan fingerprint density at radius 2 is 2.14 bits per heavy atom. The molecule has 2 N–H and O–H groups in total. The Morgan fingerprint density at radius 1 is 1.48 bits per heavy atom. The highest BCUT2D eigenvalue weighted by Crippen LogP contribution is 2.24. The zero-order valence-electron chi connectivity index (χ0n) is 10.4. The van der Waals surface area contributed by atoms with Gasteiger partial charge in [0.25, 0.3) is 0 Å². The molecule has 114 valence electrons. The number of nitrogens with one attached hydrogen (secondary N) is 1. The fourth-order valence-corrected chi connectivity index (χ4v) is 3.65.